The molecule has 1 aromatic heterocycles. The molecule has 1 amide bonds. The van der Waals surface area contributed by atoms with Gasteiger partial charge in [0.1, 0.15) is 5.37 Å². The first-order valence-corrected chi connectivity index (χ1v) is 13.4. The van der Waals surface area contributed by atoms with Crippen molar-refractivity contribution in [3.05, 3.63) is 119 Å². The normalized spacial score (nSPS) is 23.5. The van der Waals surface area contributed by atoms with Gasteiger partial charge in [-0.05, 0) is 54.4 Å². The van der Waals surface area contributed by atoms with E-state index in [1.165, 1.54) is 16.7 Å². The van der Waals surface area contributed by atoms with E-state index < -0.39 is 23.7 Å². The highest BCUT2D eigenvalue weighted by atomic mass is 35.5. The monoisotopic (exact) mass is 548 g/mol. The van der Waals surface area contributed by atoms with Crippen molar-refractivity contribution in [2.75, 3.05) is 5.75 Å². The van der Waals surface area contributed by atoms with Crippen molar-refractivity contribution in [2.24, 2.45) is 0 Å². The van der Waals surface area contributed by atoms with Crippen LogP contribution in [-0.4, -0.2) is 44.5 Å². The van der Waals surface area contributed by atoms with E-state index in [4.69, 9.17) is 26.1 Å². The molecule has 2 aliphatic heterocycles. The number of nitrogens with zero attached hydrogens (tertiary/aromatic N) is 2. The van der Waals surface area contributed by atoms with Crippen molar-refractivity contribution in [2.45, 2.75) is 30.0 Å². The van der Waals surface area contributed by atoms with Crippen LogP contribution in [-0.2, 0) is 24.1 Å². The van der Waals surface area contributed by atoms with Crippen LogP contribution in [0.4, 0.5) is 0 Å². The SMILES string of the molecule is C=C(Cl)OOC1(C)CSC2C(=Cc3ccccn3)C(=O)N2[C@H]1C(=O)OC(c1ccccc1)c1ccccc1. The lowest BCUT2D eigenvalue weighted by Crippen LogP contribution is -2.71. The number of carbonyl (C=O) groups is 2. The molecule has 2 fully saturated rings. The molecule has 5 rings (SSSR count). The zero-order valence-corrected chi connectivity index (χ0v) is 22.1. The minimum absolute atomic E-state index is 0.192. The number of pyridine rings is 1. The van der Waals surface area contributed by atoms with E-state index in [-0.39, 0.29) is 16.5 Å². The van der Waals surface area contributed by atoms with Gasteiger partial charge in [-0.3, -0.25) is 9.78 Å². The Morgan fingerprint density at radius 3 is 2.32 bits per heavy atom. The molecule has 0 bridgehead atoms. The molecule has 3 aromatic rings. The van der Waals surface area contributed by atoms with Crippen LogP contribution in [0, 0.1) is 0 Å². The smallest absolute Gasteiger partial charge is 0.333 e. The summed E-state index contributed by atoms with van der Waals surface area (Å²) in [6.07, 6.45) is 2.72. The summed E-state index contributed by atoms with van der Waals surface area (Å²) >= 11 is 7.25. The highest BCUT2D eigenvalue weighted by molar-refractivity contribution is 8.00. The van der Waals surface area contributed by atoms with Crippen molar-refractivity contribution < 1.29 is 24.1 Å². The zero-order valence-electron chi connectivity index (χ0n) is 20.5. The van der Waals surface area contributed by atoms with Crippen molar-refractivity contribution in [3.63, 3.8) is 0 Å². The Balaban J connectivity index is 1.48. The number of carbonyl (C=O) groups excluding carboxylic acids is 2. The number of aromatic nitrogens is 1. The molecule has 194 valence electrons. The molecule has 3 atom stereocenters. The van der Waals surface area contributed by atoms with Gasteiger partial charge in [-0.2, -0.15) is 4.89 Å². The van der Waals surface area contributed by atoms with E-state index in [9.17, 15) is 9.59 Å². The van der Waals surface area contributed by atoms with Crippen molar-refractivity contribution >= 4 is 41.3 Å². The Morgan fingerprint density at radius 2 is 1.74 bits per heavy atom. The molecule has 0 aliphatic carbocycles. The molecular formula is C29H25ClN2O5S. The van der Waals surface area contributed by atoms with E-state index in [1.54, 1.807) is 19.2 Å². The molecule has 2 unspecified atom stereocenters. The molecule has 7 nitrogen and oxygen atoms in total. The lowest BCUT2D eigenvalue weighted by Gasteiger charge is -2.54. The number of amides is 1. The second-order valence-electron chi connectivity index (χ2n) is 9.11. The van der Waals surface area contributed by atoms with Gasteiger partial charge in [-0.25, -0.2) is 4.79 Å². The molecule has 2 saturated heterocycles. The molecule has 38 heavy (non-hydrogen) atoms. The number of thioether (sulfide) groups is 1. The van der Waals surface area contributed by atoms with Crippen molar-refractivity contribution in [1.29, 1.82) is 0 Å². The molecule has 0 radical (unpaired) electrons. The Labute approximate surface area is 230 Å². The molecule has 0 N–H and O–H groups in total. The number of hydrogen-bond acceptors (Lipinski definition) is 7. The average Bonchev–Trinajstić information content (AvgIpc) is 2.95. The van der Waals surface area contributed by atoms with E-state index >= 15 is 0 Å². The van der Waals surface area contributed by atoms with Crippen LogP contribution in [0.2, 0.25) is 0 Å². The number of hydrogen-bond donors (Lipinski definition) is 0. The summed E-state index contributed by atoms with van der Waals surface area (Å²) in [7, 11) is 0. The van der Waals surface area contributed by atoms with Crippen LogP contribution in [0.15, 0.2) is 102 Å². The van der Waals surface area contributed by atoms with Crippen LogP contribution in [0.1, 0.15) is 29.8 Å². The Kier molecular flexibility index (Phi) is 7.56. The van der Waals surface area contributed by atoms with Crippen molar-refractivity contribution in [3.8, 4) is 0 Å². The minimum atomic E-state index is -1.26. The standard InChI is InChI=1S/C29H25ClN2O5S/c1-19(30)36-37-29(2)18-38-27-23(17-22-15-9-10-16-31-22)26(33)32(27)25(29)28(34)35-24(20-11-5-3-6-12-20)21-13-7-4-8-14-21/h3-17,24-25,27H,1,18H2,2H3/t25-,27?,29?/m0/s1. The lowest BCUT2D eigenvalue weighted by molar-refractivity contribution is -0.331. The summed E-state index contributed by atoms with van der Waals surface area (Å²) in [5.41, 5.74) is 1.55. The Hall–Kier alpha value is -3.59. The van der Waals surface area contributed by atoms with E-state index in [0.717, 1.165) is 11.1 Å². The highest BCUT2D eigenvalue weighted by Gasteiger charge is 2.61. The number of fused-ring (bicyclic) bond motifs is 1. The van der Waals surface area contributed by atoms with Crippen LogP contribution in [0.25, 0.3) is 6.08 Å². The predicted molar refractivity (Wildman–Crippen MR) is 145 cm³/mol. The fraction of sp³-hybridized carbons (Fsp3) is 0.207. The third-order valence-electron chi connectivity index (χ3n) is 6.36. The van der Waals surface area contributed by atoms with Crippen LogP contribution < -0.4 is 0 Å². The zero-order chi connectivity index (χ0) is 26.7. The van der Waals surface area contributed by atoms with E-state index in [1.807, 2.05) is 78.9 Å². The van der Waals surface area contributed by atoms with Crippen LogP contribution in [0.5, 0.6) is 0 Å². The molecule has 3 heterocycles. The highest BCUT2D eigenvalue weighted by Crippen LogP contribution is 2.48. The van der Waals surface area contributed by atoms with Crippen LogP contribution in [0.3, 0.4) is 0 Å². The van der Waals surface area contributed by atoms with E-state index in [2.05, 4.69) is 11.6 Å². The summed E-state index contributed by atoms with van der Waals surface area (Å²) in [6, 6.07) is 23.3. The van der Waals surface area contributed by atoms with Gasteiger partial charge in [0.2, 0.25) is 5.22 Å². The summed E-state index contributed by atoms with van der Waals surface area (Å²) in [5, 5.41) is -0.563. The molecule has 0 saturated carbocycles. The molecule has 2 aromatic carbocycles. The molecule has 2 aliphatic rings. The second kappa shape index (κ2) is 11.0. The van der Waals surface area contributed by atoms with Crippen LogP contribution >= 0.6 is 23.4 Å². The first-order valence-electron chi connectivity index (χ1n) is 11.9. The maximum absolute atomic E-state index is 14.0. The molecular weight excluding hydrogens is 524 g/mol. The van der Waals surface area contributed by atoms with Crippen molar-refractivity contribution in [1.82, 2.24) is 9.88 Å². The summed E-state index contributed by atoms with van der Waals surface area (Å²) in [5.74, 6) is -0.596. The van der Waals surface area contributed by atoms with Gasteiger partial charge in [0.25, 0.3) is 5.91 Å². The predicted octanol–water partition coefficient (Wildman–Crippen LogP) is 5.50. The van der Waals surface area contributed by atoms with E-state index in [0.29, 0.717) is 17.0 Å². The fourth-order valence-corrected chi connectivity index (χ4v) is 6.03. The number of ether oxygens (including phenoxy) is 1. The minimum Gasteiger partial charge on any atom is -0.451 e. The topological polar surface area (TPSA) is 78.0 Å². The third kappa shape index (κ3) is 5.20. The number of halogens is 1. The Bertz CT molecular complexity index is 1320. The van der Waals surface area contributed by atoms with Gasteiger partial charge in [0, 0.05) is 11.9 Å². The second-order valence-corrected chi connectivity index (χ2v) is 10.6. The average molecular weight is 549 g/mol. The third-order valence-corrected chi connectivity index (χ3v) is 7.96. The first kappa shape index (κ1) is 26.0. The van der Waals surface area contributed by atoms with Gasteiger partial charge in [0.15, 0.2) is 17.7 Å². The van der Waals surface area contributed by atoms with Gasteiger partial charge in [-0.15, -0.1) is 11.8 Å². The quantitative estimate of drug-likeness (QED) is 0.0918. The molecule has 9 heteroatoms. The summed E-state index contributed by atoms with van der Waals surface area (Å²) in [6.45, 7) is 5.18. The van der Waals surface area contributed by atoms with Gasteiger partial charge in [0.05, 0.1) is 11.3 Å². The largest absolute Gasteiger partial charge is 0.451 e. The number of rotatable bonds is 8. The van der Waals surface area contributed by atoms with Gasteiger partial charge >= 0.3 is 5.97 Å². The molecule has 0 spiro atoms. The van der Waals surface area contributed by atoms with Gasteiger partial charge < -0.3 is 14.5 Å². The summed E-state index contributed by atoms with van der Waals surface area (Å²) < 4.78 is 6.15. The summed E-state index contributed by atoms with van der Waals surface area (Å²) in [4.78, 5) is 43.9. The van der Waals surface area contributed by atoms with Gasteiger partial charge in [-0.1, -0.05) is 66.7 Å². The Morgan fingerprint density at radius 1 is 1.11 bits per heavy atom. The first-order chi connectivity index (χ1) is 18.4. The fourth-order valence-electron chi connectivity index (χ4n) is 4.58. The number of benzene rings is 2. The maximum atomic E-state index is 14.0. The number of β-lactam (4-membered cyclic amide) rings is 1. The number of esters is 1. The lowest BCUT2D eigenvalue weighted by atomic mass is 9.90. The maximum Gasteiger partial charge on any atom is 0.333 e.